The lowest BCUT2D eigenvalue weighted by Crippen LogP contribution is -2.40. The second-order valence-corrected chi connectivity index (χ2v) is 9.45. The molecular weight excluding hydrogens is 440 g/mol. The van der Waals surface area contributed by atoms with Gasteiger partial charge in [0.2, 0.25) is 10.0 Å². The van der Waals surface area contributed by atoms with Crippen LogP contribution in [-0.4, -0.2) is 54.4 Å². The van der Waals surface area contributed by atoms with E-state index in [9.17, 15) is 18.5 Å². The highest BCUT2D eigenvalue weighted by Crippen LogP contribution is 2.29. The van der Waals surface area contributed by atoms with E-state index in [4.69, 9.17) is 16.3 Å². The first-order chi connectivity index (χ1) is 14.8. The zero-order valence-corrected chi connectivity index (χ0v) is 18.2. The van der Waals surface area contributed by atoms with Crippen LogP contribution in [0.2, 0.25) is 5.02 Å². The Morgan fingerprint density at radius 2 is 1.94 bits per heavy atom. The van der Waals surface area contributed by atoms with E-state index in [1.54, 1.807) is 17.7 Å². The van der Waals surface area contributed by atoms with Gasteiger partial charge >= 0.3 is 0 Å². The minimum Gasteiger partial charge on any atom is -0.379 e. The van der Waals surface area contributed by atoms with Crippen molar-refractivity contribution < 1.29 is 17.9 Å². The smallest absolute Gasteiger partial charge is 0.243 e. The molecule has 0 radical (unpaired) electrons. The molecule has 0 spiro atoms. The number of aryl methyl sites for hydroxylation is 1. The molecule has 0 N–H and O–H groups in total. The number of ether oxygens (including phenoxy) is 1. The van der Waals surface area contributed by atoms with Gasteiger partial charge in [0.05, 0.1) is 40.2 Å². The molecule has 0 aliphatic carbocycles. The first-order valence-electron chi connectivity index (χ1n) is 9.57. The molecule has 1 aliphatic rings. The highest BCUT2D eigenvalue weighted by atomic mass is 35.5. The highest BCUT2D eigenvalue weighted by Gasteiger charge is 2.31. The summed E-state index contributed by atoms with van der Waals surface area (Å²) in [7, 11) is -2.10. The molecule has 2 heterocycles. The van der Waals surface area contributed by atoms with E-state index in [0.717, 1.165) is 5.52 Å². The van der Waals surface area contributed by atoms with E-state index in [1.165, 1.54) is 22.5 Å². The summed E-state index contributed by atoms with van der Waals surface area (Å²) in [5, 5.41) is 9.85. The number of morpholine rings is 1. The van der Waals surface area contributed by atoms with E-state index in [2.05, 4.69) is 4.98 Å². The Hall–Kier alpha value is -2.77. The summed E-state index contributed by atoms with van der Waals surface area (Å²) in [6.45, 7) is 1.08. The summed E-state index contributed by atoms with van der Waals surface area (Å²) in [4.78, 5) is 17.7. The quantitative estimate of drug-likeness (QED) is 0.544. The van der Waals surface area contributed by atoms with Gasteiger partial charge in [-0.1, -0.05) is 23.7 Å². The van der Waals surface area contributed by atoms with Crippen LogP contribution in [0.25, 0.3) is 11.0 Å². The number of Topliss-reactive ketones (excluding diaryl/α,β-unsaturated/α-hetero) is 1. The molecular formula is C21H19ClN4O4S. The molecule has 0 saturated carbocycles. The Balaban J connectivity index is 1.74. The summed E-state index contributed by atoms with van der Waals surface area (Å²) in [6.07, 6.45) is 0. The Morgan fingerprint density at radius 1 is 1.23 bits per heavy atom. The predicted octanol–water partition coefficient (Wildman–Crippen LogP) is 2.74. The van der Waals surface area contributed by atoms with Crippen molar-refractivity contribution in [3.63, 3.8) is 0 Å². The van der Waals surface area contributed by atoms with Crippen molar-refractivity contribution >= 4 is 38.4 Å². The van der Waals surface area contributed by atoms with E-state index in [-0.39, 0.29) is 34.4 Å². The molecule has 4 rings (SSSR count). The Labute approximate surface area is 184 Å². The van der Waals surface area contributed by atoms with Crippen LogP contribution >= 0.6 is 11.6 Å². The summed E-state index contributed by atoms with van der Waals surface area (Å²) < 4.78 is 34.2. The maximum Gasteiger partial charge on any atom is 0.243 e. The van der Waals surface area contributed by atoms with Gasteiger partial charge in [0.1, 0.15) is 5.82 Å². The van der Waals surface area contributed by atoms with E-state index in [0.29, 0.717) is 18.7 Å². The van der Waals surface area contributed by atoms with Crippen LogP contribution in [0.5, 0.6) is 0 Å². The van der Waals surface area contributed by atoms with Crippen LogP contribution in [0.15, 0.2) is 47.4 Å². The first-order valence-corrected chi connectivity index (χ1v) is 11.4. The number of halogens is 1. The number of benzene rings is 2. The maximum absolute atomic E-state index is 13.3. The van der Waals surface area contributed by atoms with Crippen molar-refractivity contribution in [3.05, 3.63) is 58.9 Å². The molecule has 160 valence electrons. The number of imidazole rings is 1. The molecule has 1 fully saturated rings. The van der Waals surface area contributed by atoms with Gasteiger partial charge in [-0.05, 0) is 30.3 Å². The molecule has 31 heavy (non-hydrogen) atoms. The molecule has 3 aromatic rings. The third-order valence-corrected chi connectivity index (χ3v) is 7.51. The lowest BCUT2D eigenvalue weighted by atomic mass is 9.98. The molecule has 1 unspecified atom stereocenters. The van der Waals surface area contributed by atoms with E-state index < -0.39 is 21.7 Å². The summed E-state index contributed by atoms with van der Waals surface area (Å²) in [5.41, 5.74) is 1.40. The number of ketones is 1. The number of para-hydroxylation sites is 2. The summed E-state index contributed by atoms with van der Waals surface area (Å²) in [5.74, 6) is -1.58. The number of rotatable bonds is 5. The minimum atomic E-state index is -3.82. The zero-order valence-electron chi connectivity index (χ0n) is 16.7. The summed E-state index contributed by atoms with van der Waals surface area (Å²) >= 11 is 6.25. The number of hydrogen-bond acceptors (Lipinski definition) is 6. The lowest BCUT2D eigenvalue weighted by Gasteiger charge is -2.26. The average Bonchev–Trinajstić information content (AvgIpc) is 3.11. The van der Waals surface area contributed by atoms with Crippen LogP contribution in [-0.2, 0) is 21.8 Å². The average molecular weight is 459 g/mol. The zero-order chi connectivity index (χ0) is 22.2. The second kappa shape index (κ2) is 8.40. The number of sulfonamides is 1. The number of fused-ring (bicyclic) bond motifs is 1. The van der Waals surface area contributed by atoms with Crippen LogP contribution < -0.4 is 0 Å². The third kappa shape index (κ3) is 3.83. The maximum atomic E-state index is 13.3. The van der Waals surface area contributed by atoms with E-state index >= 15 is 0 Å². The van der Waals surface area contributed by atoms with Crippen molar-refractivity contribution in [2.24, 2.45) is 7.05 Å². The van der Waals surface area contributed by atoms with Gasteiger partial charge in [-0.3, -0.25) is 4.79 Å². The molecule has 1 saturated heterocycles. The van der Waals surface area contributed by atoms with Gasteiger partial charge in [0.25, 0.3) is 0 Å². The summed E-state index contributed by atoms with van der Waals surface area (Å²) in [6, 6.07) is 13.3. The van der Waals surface area contributed by atoms with Crippen LogP contribution in [0, 0.1) is 11.3 Å². The Morgan fingerprint density at radius 3 is 2.61 bits per heavy atom. The molecule has 1 aliphatic heterocycles. The van der Waals surface area contributed by atoms with Crippen LogP contribution in [0.1, 0.15) is 22.1 Å². The molecule has 1 aromatic heterocycles. The normalized spacial score (nSPS) is 16.2. The van der Waals surface area contributed by atoms with Crippen molar-refractivity contribution in [3.8, 4) is 6.07 Å². The number of aromatic nitrogens is 2. The fourth-order valence-corrected chi connectivity index (χ4v) is 5.25. The number of nitrogens with zero attached hydrogens (tertiary/aromatic N) is 4. The molecule has 0 bridgehead atoms. The molecule has 10 heteroatoms. The van der Waals surface area contributed by atoms with Gasteiger partial charge < -0.3 is 9.30 Å². The van der Waals surface area contributed by atoms with Crippen molar-refractivity contribution in [2.45, 2.75) is 10.8 Å². The minimum absolute atomic E-state index is 0.0328. The van der Waals surface area contributed by atoms with Crippen molar-refractivity contribution in [2.75, 3.05) is 26.3 Å². The van der Waals surface area contributed by atoms with Gasteiger partial charge in [0, 0.05) is 25.7 Å². The van der Waals surface area contributed by atoms with E-state index in [1.807, 2.05) is 24.3 Å². The topological polar surface area (TPSA) is 105 Å². The van der Waals surface area contributed by atoms with Gasteiger partial charge in [0.15, 0.2) is 11.7 Å². The van der Waals surface area contributed by atoms with Crippen molar-refractivity contribution in [1.29, 1.82) is 5.26 Å². The molecule has 8 nitrogen and oxygen atoms in total. The fourth-order valence-electron chi connectivity index (χ4n) is 3.60. The second-order valence-electron chi connectivity index (χ2n) is 7.10. The number of hydrogen-bond donors (Lipinski definition) is 0. The van der Waals surface area contributed by atoms with Crippen LogP contribution in [0.4, 0.5) is 0 Å². The standard InChI is InChI=1S/C21H19ClN4O4S/c1-25-19-5-3-2-4-18(19)24-21(25)16(13-23)20(27)15-12-14(6-7-17(15)22)31(28,29)26-8-10-30-11-9-26/h2-7,12,16H,8-11H2,1H3. The number of carbonyl (C=O) groups excluding carboxylic acids is 1. The molecule has 1 atom stereocenters. The molecule has 0 amide bonds. The number of carbonyl (C=O) groups is 1. The molecule has 2 aromatic carbocycles. The number of nitriles is 1. The largest absolute Gasteiger partial charge is 0.379 e. The van der Waals surface area contributed by atoms with Gasteiger partial charge in [-0.2, -0.15) is 9.57 Å². The van der Waals surface area contributed by atoms with Gasteiger partial charge in [-0.15, -0.1) is 0 Å². The van der Waals surface area contributed by atoms with Gasteiger partial charge in [-0.25, -0.2) is 13.4 Å². The first kappa shape index (κ1) is 21.5. The SMILES string of the molecule is Cn1c(C(C#N)C(=O)c2cc(S(=O)(=O)N3CCOCC3)ccc2Cl)nc2ccccc21. The Bertz CT molecular complexity index is 1310. The Kier molecular flexibility index (Phi) is 5.81. The predicted molar refractivity (Wildman–Crippen MR) is 114 cm³/mol. The third-order valence-electron chi connectivity index (χ3n) is 5.28. The lowest BCUT2D eigenvalue weighted by molar-refractivity contribution is 0.0730. The van der Waals surface area contributed by atoms with Crippen molar-refractivity contribution in [1.82, 2.24) is 13.9 Å². The monoisotopic (exact) mass is 458 g/mol. The fraction of sp³-hybridized carbons (Fsp3) is 0.286. The highest BCUT2D eigenvalue weighted by molar-refractivity contribution is 7.89. The van der Waals surface area contributed by atoms with Crippen LogP contribution in [0.3, 0.4) is 0 Å².